The first-order valence-corrected chi connectivity index (χ1v) is 8.37. The molecule has 0 radical (unpaired) electrons. The second-order valence-electron chi connectivity index (χ2n) is 4.74. The van der Waals surface area contributed by atoms with E-state index in [1.807, 2.05) is 36.4 Å². The quantitative estimate of drug-likeness (QED) is 0.541. The highest BCUT2D eigenvalue weighted by atomic mass is 35.5. The van der Waals surface area contributed by atoms with Crippen molar-refractivity contribution < 1.29 is 9.53 Å². The summed E-state index contributed by atoms with van der Waals surface area (Å²) in [6, 6.07) is 14.7. The molecule has 0 saturated carbocycles. The number of anilines is 1. The molecule has 0 bridgehead atoms. The maximum absolute atomic E-state index is 12.4. The van der Waals surface area contributed by atoms with Gasteiger partial charge in [0.2, 0.25) is 0 Å². The number of carbonyl (C=O) groups excluding carboxylic acids is 1. The highest BCUT2D eigenvalue weighted by Crippen LogP contribution is 2.40. The number of nitrogens with zero attached hydrogens (tertiary/aromatic N) is 1. The second kappa shape index (κ2) is 6.74. The Morgan fingerprint density at radius 2 is 1.87 bits per heavy atom. The van der Waals surface area contributed by atoms with Gasteiger partial charge >= 0.3 is 0 Å². The first kappa shape index (κ1) is 16.1. The molecule has 116 valence electrons. The third kappa shape index (κ3) is 3.27. The fourth-order valence-corrected chi connectivity index (χ4v) is 3.59. The van der Waals surface area contributed by atoms with E-state index in [0.717, 1.165) is 22.2 Å². The molecular weight excluding hydrogens is 350 g/mol. The molecule has 1 amide bonds. The number of hydrogen-bond donors (Lipinski definition) is 0. The molecule has 1 fully saturated rings. The van der Waals surface area contributed by atoms with Crippen LogP contribution in [-0.2, 0) is 0 Å². The Bertz CT molecular complexity index is 802. The van der Waals surface area contributed by atoms with Crippen molar-refractivity contribution in [3.63, 3.8) is 0 Å². The summed E-state index contributed by atoms with van der Waals surface area (Å²) in [5.74, 6) is 0.608. The summed E-state index contributed by atoms with van der Waals surface area (Å²) in [6.45, 7) is 0. The van der Waals surface area contributed by atoms with Crippen LogP contribution in [0.1, 0.15) is 5.56 Å². The van der Waals surface area contributed by atoms with Gasteiger partial charge in [-0.25, -0.2) is 0 Å². The van der Waals surface area contributed by atoms with E-state index in [1.54, 1.807) is 25.3 Å². The van der Waals surface area contributed by atoms with Gasteiger partial charge in [-0.15, -0.1) is 0 Å². The van der Waals surface area contributed by atoms with Crippen LogP contribution in [0.4, 0.5) is 10.5 Å². The van der Waals surface area contributed by atoms with Crippen LogP contribution in [0.3, 0.4) is 0 Å². The van der Waals surface area contributed by atoms with Gasteiger partial charge in [0, 0.05) is 5.02 Å². The Hall–Kier alpha value is -1.82. The lowest BCUT2D eigenvalue weighted by Crippen LogP contribution is -2.26. The molecule has 0 aliphatic carbocycles. The van der Waals surface area contributed by atoms with Gasteiger partial charge in [-0.2, -0.15) is 0 Å². The number of ether oxygens (including phenoxy) is 1. The summed E-state index contributed by atoms with van der Waals surface area (Å²) in [5.41, 5.74) is 1.59. The van der Waals surface area contributed by atoms with Gasteiger partial charge in [0.25, 0.3) is 5.24 Å². The van der Waals surface area contributed by atoms with Crippen LogP contribution in [-0.4, -0.2) is 17.3 Å². The molecular formula is C17H12ClNO2S2. The molecule has 0 unspecified atom stereocenters. The number of amides is 1. The van der Waals surface area contributed by atoms with Crippen molar-refractivity contribution in [2.24, 2.45) is 0 Å². The van der Waals surface area contributed by atoms with Crippen molar-refractivity contribution in [2.75, 3.05) is 12.0 Å². The number of halogens is 1. The molecule has 1 saturated heterocycles. The van der Waals surface area contributed by atoms with Gasteiger partial charge in [-0.3, -0.25) is 9.69 Å². The average molecular weight is 362 g/mol. The largest absolute Gasteiger partial charge is 0.495 e. The summed E-state index contributed by atoms with van der Waals surface area (Å²) in [7, 11) is 1.57. The Morgan fingerprint density at radius 1 is 1.17 bits per heavy atom. The second-order valence-corrected chi connectivity index (χ2v) is 6.56. The van der Waals surface area contributed by atoms with Gasteiger partial charge < -0.3 is 4.74 Å². The van der Waals surface area contributed by atoms with Gasteiger partial charge in [0.1, 0.15) is 10.7 Å². The predicted molar refractivity (Wildman–Crippen MR) is 100 cm³/mol. The fraction of sp³-hybridized carbons (Fsp3) is 0.0588. The maximum Gasteiger partial charge on any atom is 0.296 e. The van der Waals surface area contributed by atoms with E-state index in [-0.39, 0.29) is 5.24 Å². The molecule has 1 aliphatic rings. The van der Waals surface area contributed by atoms with Crippen molar-refractivity contribution in [1.82, 2.24) is 0 Å². The summed E-state index contributed by atoms with van der Waals surface area (Å²) in [5, 5.41) is 0.528. The minimum Gasteiger partial charge on any atom is -0.495 e. The molecule has 3 rings (SSSR count). The zero-order chi connectivity index (χ0) is 16.4. The van der Waals surface area contributed by atoms with Gasteiger partial charge in [0.05, 0.1) is 17.7 Å². The first-order valence-electron chi connectivity index (χ1n) is 6.76. The molecule has 3 nitrogen and oxygen atoms in total. The molecule has 0 N–H and O–H groups in total. The van der Waals surface area contributed by atoms with E-state index in [2.05, 4.69) is 0 Å². The monoisotopic (exact) mass is 361 g/mol. The normalized spacial score (nSPS) is 16.3. The number of rotatable bonds is 3. The van der Waals surface area contributed by atoms with Crippen LogP contribution >= 0.6 is 35.6 Å². The van der Waals surface area contributed by atoms with Crippen molar-refractivity contribution >= 4 is 57.6 Å². The van der Waals surface area contributed by atoms with E-state index < -0.39 is 0 Å². The average Bonchev–Trinajstić information content (AvgIpc) is 2.83. The van der Waals surface area contributed by atoms with E-state index in [0.29, 0.717) is 21.4 Å². The van der Waals surface area contributed by atoms with Gasteiger partial charge in [-0.1, -0.05) is 48.1 Å². The Balaban J connectivity index is 1.95. The fourth-order valence-electron chi connectivity index (χ4n) is 2.20. The number of thioether (sulfide) groups is 1. The van der Waals surface area contributed by atoms with Crippen LogP contribution in [0.2, 0.25) is 5.02 Å². The lowest BCUT2D eigenvalue weighted by molar-refractivity contribution is 0.267. The summed E-state index contributed by atoms with van der Waals surface area (Å²) < 4.78 is 5.32. The smallest absolute Gasteiger partial charge is 0.296 e. The molecule has 6 heteroatoms. The van der Waals surface area contributed by atoms with Crippen LogP contribution in [0.5, 0.6) is 5.75 Å². The summed E-state index contributed by atoms with van der Waals surface area (Å²) in [6.07, 6.45) is 1.89. The van der Waals surface area contributed by atoms with E-state index in [4.69, 9.17) is 28.6 Å². The molecule has 2 aromatic rings. The Morgan fingerprint density at radius 3 is 2.57 bits per heavy atom. The lowest BCUT2D eigenvalue weighted by Gasteiger charge is -2.17. The highest BCUT2D eigenvalue weighted by Gasteiger charge is 2.34. The summed E-state index contributed by atoms with van der Waals surface area (Å²) in [4.78, 5) is 15.1. The van der Waals surface area contributed by atoms with Crippen molar-refractivity contribution in [2.45, 2.75) is 0 Å². The zero-order valence-electron chi connectivity index (χ0n) is 12.2. The van der Waals surface area contributed by atoms with Crippen LogP contribution in [0.25, 0.3) is 6.08 Å². The van der Waals surface area contributed by atoms with E-state index >= 15 is 0 Å². The molecule has 23 heavy (non-hydrogen) atoms. The van der Waals surface area contributed by atoms with Crippen LogP contribution in [0, 0.1) is 0 Å². The third-order valence-electron chi connectivity index (χ3n) is 3.29. The summed E-state index contributed by atoms with van der Waals surface area (Å²) >= 11 is 12.5. The maximum atomic E-state index is 12.4. The van der Waals surface area contributed by atoms with Crippen LogP contribution < -0.4 is 9.64 Å². The highest BCUT2D eigenvalue weighted by molar-refractivity contribution is 8.20. The van der Waals surface area contributed by atoms with E-state index in [9.17, 15) is 4.79 Å². The number of thiocarbonyl (C=S) groups is 1. The molecule has 1 aliphatic heterocycles. The van der Waals surface area contributed by atoms with Crippen molar-refractivity contribution in [1.29, 1.82) is 0 Å². The minimum absolute atomic E-state index is 0.139. The number of methoxy groups -OCH3 is 1. The zero-order valence-corrected chi connectivity index (χ0v) is 14.5. The predicted octanol–water partition coefficient (Wildman–Crippen LogP) is 5.39. The molecule has 1 heterocycles. The first-order chi connectivity index (χ1) is 11.1. The molecule has 0 aromatic heterocycles. The van der Waals surface area contributed by atoms with Crippen molar-refractivity contribution in [3.8, 4) is 5.75 Å². The van der Waals surface area contributed by atoms with E-state index in [1.165, 1.54) is 4.90 Å². The third-order valence-corrected chi connectivity index (χ3v) is 4.96. The Kier molecular flexibility index (Phi) is 4.71. The minimum atomic E-state index is -0.139. The Labute approximate surface area is 148 Å². The molecule has 0 atom stereocenters. The number of hydrogen-bond acceptors (Lipinski definition) is 4. The standard InChI is InChI=1S/C17H12ClNO2S2/c1-21-14-5-3-2-4-13(14)19-16(22)15(23-17(19)20)10-11-6-8-12(18)9-7-11/h2-10H,1H3. The number of para-hydroxylation sites is 2. The van der Waals surface area contributed by atoms with Crippen LogP contribution in [0.15, 0.2) is 53.4 Å². The molecule has 2 aromatic carbocycles. The van der Waals surface area contributed by atoms with Crippen molar-refractivity contribution in [3.05, 3.63) is 64.0 Å². The molecule has 0 spiro atoms. The number of carbonyl (C=O) groups is 1. The van der Waals surface area contributed by atoms with Gasteiger partial charge in [-0.05, 0) is 47.7 Å². The van der Waals surface area contributed by atoms with Gasteiger partial charge in [0.15, 0.2) is 0 Å². The SMILES string of the molecule is COc1ccccc1N1C(=O)SC(=Cc2ccc(Cl)cc2)C1=S. The topological polar surface area (TPSA) is 29.5 Å². The lowest BCUT2D eigenvalue weighted by atomic mass is 10.2. The number of benzene rings is 2.